The van der Waals surface area contributed by atoms with Gasteiger partial charge in [-0.25, -0.2) is 15.0 Å². The number of benzene rings is 1. The summed E-state index contributed by atoms with van der Waals surface area (Å²) in [5, 5.41) is 4.28. The van der Waals surface area contributed by atoms with E-state index < -0.39 is 0 Å². The lowest BCUT2D eigenvalue weighted by Gasteiger charge is -2.08. The maximum Gasteiger partial charge on any atom is 0.137 e. The summed E-state index contributed by atoms with van der Waals surface area (Å²) in [6.07, 6.45) is 7.05. The first-order valence-corrected chi connectivity index (χ1v) is 6.55. The SMILES string of the molecule is Nc1ccc2ncnc(NCCCc3ncc[nH]3)c2c1. The maximum absolute atomic E-state index is 5.82. The lowest BCUT2D eigenvalue weighted by Crippen LogP contribution is -2.06. The first-order chi connectivity index (χ1) is 9.83. The van der Waals surface area contributed by atoms with Gasteiger partial charge in [-0.3, -0.25) is 0 Å². The predicted octanol–water partition coefficient (Wildman–Crippen LogP) is 1.98. The van der Waals surface area contributed by atoms with Crippen molar-refractivity contribution in [3.63, 3.8) is 0 Å². The Morgan fingerprint density at radius 2 is 2.15 bits per heavy atom. The van der Waals surface area contributed by atoms with E-state index >= 15 is 0 Å². The van der Waals surface area contributed by atoms with Crippen molar-refractivity contribution in [2.75, 3.05) is 17.6 Å². The second kappa shape index (κ2) is 5.56. The number of imidazole rings is 1. The minimum atomic E-state index is 0.714. The van der Waals surface area contributed by atoms with Crippen molar-refractivity contribution >= 4 is 22.4 Å². The summed E-state index contributed by atoms with van der Waals surface area (Å²) in [7, 11) is 0. The number of hydrogen-bond donors (Lipinski definition) is 3. The average molecular weight is 268 g/mol. The highest BCUT2D eigenvalue weighted by Gasteiger charge is 2.03. The van der Waals surface area contributed by atoms with Crippen LogP contribution in [0.4, 0.5) is 11.5 Å². The minimum absolute atomic E-state index is 0.714. The number of H-pyrrole nitrogens is 1. The molecule has 20 heavy (non-hydrogen) atoms. The molecule has 1 aromatic carbocycles. The standard InChI is InChI=1S/C14H16N6/c15-10-3-4-12-11(8-10)14(20-9-19-12)18-5-1-2-13-16-6-7-17-13/h3-4,6-9H,1-2,5,15H2,(H,16,17)(H,18,19,20). The first-order valence-electron chi connectivity index (χ1n) is 6.55. The summed E-state index contributed by atoms with van der Waals surface area (Å²) < 4.78 is 0. The van der Waals surface area contributed by atoms with Gasteiger partial charge in [0, 0.05) is 36.4 Å². The number of nitrogens with one attached hydrogen (secondary N) is 2. The van der Waals surface area contributed by atoms with Crippen LogP contribution < -0.4 is 11.1 Å². The van der Waals surface area contributed by atoms with Gasteiger partial charge in [0.05, 0.1) is 5.52 Å². The van der Waals surface area contributed by atoms with Crippen molar-refractivity contribution in [3.05, 3.63) is 42.7 Å². The lowest BCUT2D eigenvalue weighted by molar-refractivity contribution is 0.814. The summed E-state index contributed by atoms with van der Waals surface area (Å²) in [6.45, 7) is 0.821. The Hall–Kier alpha value is -2.63. The monoisotopic (exact) mass is 268 g/mol. The zero-order chi connectivity index (χ0) is 13.8. The molecule has 102 valence electrons. The van der Waals surface area contributed by atoms with Crippen LogP contribution in [0, 0.1) is 0 Å². The number of anilines is 2. The van der Waals surface area contributed by atoms with Crippen molar-refractivity contribution < 1.29 is 0 Å². The van der Waals surface area contributed by atoms with Gasteiger partial charge in [0.25, 0.3) is 0 Å². The van der Waals surface area contributed by atoms with Crippen LogP contribution >= 0.6 is 0 Å². The normalized spacial score (nSPS) is 10.8. The number of aromatic amines is 1. The molecule has 0 atom stereocenters. The van der Waals surface area contributed by atoms with E-state index in [4.69, 9.17) is 5.73 Å². The number of aryl methyl sites for hydroxylation is 1. The highest BCUT2D eigenvalue weighted by Crippen LogP contribution is 2.21. The Bertz CT molecular complexity index is 692. The smallest absolute Gasteiger partial charge is 0.137 e. The molecule has 0 aliphatic carbocycles. The third kappa shape index (κ3) is 2.69. The van der Waals surface area contributed by atoms with Gasteiger partial charge in [-0.15, -0.1) is 0 Å². The van der Waals surface area contributed by atoms with Gasteiger partial charge in [0.15, 0.2) is 0 Å². The van der Waals surface area contributed by atoms with Gasteiger partial charge in [-0.05, 0) is 24.6 Å². The molecule has 0 saturated heterocycles. The summed E-state index contributed by atoms with van der Waals surface area (Å²) in [6, 6.07) is 5.64. The van der Waals surface area contributed by atoms with Gasteiger partial charge in [0.1, 0.15) is 18.0 Å². The molecule has 2 aromatic heterocycles. The van der Waals surface area contributed by atoms with E-state index in [1.807, 2.05) is 24.4 Å². The van der Waals surface area contributed by atoms with Crippen LogP contribution in [-0.4, -0.2) is 26.5 Å². The van der Waals surface area contributed by atoms with E-state index in [1.165, 1.54) is 0 Å². The molecular weight excluding hydrogens is 252 g/mol. The number of nitrogens with two attached hydrogens (primary N) is 1. The van der Waals surface area contributed by atoms with Crippen LogP contribution in [-0.2, 0) is 6.42 Å². The largest absolute Gasteiger partial charge is 0.399 e. The van der Waals surface area contributed by atoms with Crippen LogP contribution in [0.25, 0.3) is 10.9 Å². The third-order valence-corrected chi connectivity index (χ3v) is 3.10. The minimum Gasteiger partial charge on any atom is -0.399 e. The fourth-order valence-electron chi connectivity index (χ4n) is 2.11. The third-order valence-electron chi connectivity index (χ3n) is 3.10. The van der Waals surface area contributed by atoms with E-state index in [1.54, 1.807) is 12.5 Å². The molecular formula is C14H16N6. The van der Waals surface area contributed by atoms with E-state index in [0.29, 0.717) is 5.69 Å². The Morgan fingerprint density at radius 3 is 3.00 bits per heavy atom. The zero-order valence-electron chi connectivity index (χ0n) is 11.0. The molecule has 0 bridgehead atoms. The molecule has 6 heteroatoms. The molecule has 0 fully saturated rings. The van der Waals surface area contributed by atoms with E-state index in [0.717, 1.165) is 41.9 Å². The van der Waals surface area contributed by atoms with E-state index in [2.05, 4.69) is 25.3 Å². The summed E-state index contributed by atoms with van der Waals surface area (Å²) in [5.41, 5.74) is 7.42. The Balaban J connectivity index is 1.66. The molecule has 0 unspecified atom stereocenters. The second-order valence-corrected chi connectivity index (χ2v) is 4.57. The van der Waals surface area contributed by atoms with Crippen LogP contribution in [0.3, 0.4) is 0 Å². The molecule has 0 spiro atoms. The fourth-order valence-corrected chi connectivity index (χ4v) is 2.11. The predicted molar refractivity (Wildman–Crippen MR) is 79.3 cm³/mol. The number of hydrogen-bond acceptors (Lipinski definition) is 5. The quantitative estimate of drug-likeness (QED) is 0.486. The lowest BCUT2D eigenvalue weighted by atomic mass is 10.2. The van der Waals surface area contributed by atoms with Crippen LogP contribution in [0.5, 0.6) is 0 Å². The Labute approximate surface area is 116 Å². The Kier molecular flexibility index (Phi) is 3.45. The molecule has 4 N–H and O–H groups in total. The first kappa shape index (κ1) is 12.4. The van der Waals surface area contributed by atoms with E-state index in [9.17, 15) is 0 Å². The molecule has 6 nitrogen and oxygen atoms in total. The molecule has 0 aliphatic rings. The van der Waals surface area contributed by atoms with Crippen molar-refractivity contribution in [3.8, 4) is 0 Å². The molecule has 3 rings (SSSR count). The van der Waals surface area contributed by atoms with Crippen LogP contribution in [0.1, 0.15) is 12.2 Å². The Morgan fingerprint density at radius 1 is 1.20 bits per heavy atom. The molecule has 0 aliphatic heterocycles. The van der Waals surface area contributed by atoms with Crippen LogP contribution in [0.15, 0.2) is 36.9 Å². The summed E-state index contributed by atoms with van der Waals surface area (Å²) in [4.78, 5) is 15.8. The van der Waals surface area contributed by atoms with Crippen LogP contribution in [0.2, 0.25) is 0 Å². The number of nitrogens with zero attached hydrogens (tertiary/aromatic N) is 3. The molecule has 0 radical (unpaired) electrons. The highest BCUT2D eigenvalue weighted by atomic mass is 15.0. The number of fused-ring (bicyclic) bond motifs is 1. The molecule has 0 saturated carbocycles. The van der Waals surface area contributed by atoms with Gasteiger partial charge in [-0.2, -0.15) is 0 Å². The maximum atomic E-state index is 5.82. The number of nitrogen functional groups attached to an aromatic ring is 1. The highest BCUT2D eigenvalue weighted by molar-refractivity contribution is 5.91. The van der Waals surface area contributed by atoms with Crippen molar-refractivity contribution in [1.82, 2.24) is 19.9 Å². The van der Waals surface area contributed by atoms with Crippen molar-refractivity contribution in [2.24, 2.45) is 0 Å². The topological polar surface area (TPSA) is 92.5 Å². The zero-order valence-corrected chi connectivity index (χ0v) is 11.0. The fraction of sp³-hybridized carbons (Fsp3) is 0.214. The van der Waals surface area contributed by atoms with Gasteiger partial charge in [0.2, 0.25) is 0 Å². The molecule has 2 heterocycles. The summed E-state index contributed by atoms with van der Waals surface area (Å²) in [5.74, 6) is 1.82. The second-order valence-electron chi connectivity index (χ2n) is 4.57. The van der Waals surface area contributed by atoms with Gasteiger partial charge >= 0.3 is 0 Å². The van der Waals surface area contributed by atoms with Gasteiger partial charge < -0.3 is 16.0 Å². The van der Waals surface area contributed by atoms with Gasteiger partial charge in [-0.1, -0.05) is 0 Å². The average Bonchev–Trinajstić information content (AvgIpc) is 2.97. The summed E-state index contributed by atoms with van der Waals surface area (Å²) >= 11 is 0. The van der Waals surface area contributed by atoms with E-state index in [-0.39, 0.29) is 0 Å². The van der Waals surface area contributed by atoms with Crippen molar-refractivity contribution in [1.29, 1.82) is 0 Å². The number of aromatic nitrogens is 4. The molecule has 0 amide bonds. The molecule has 3 aromatic rings. The number of rotatable bonds is 5. The van der Waals surface area contributed by atoms with Crippen molar-refractivity contribution in [2.45, 2.75) is 12.8 Å².